The number of fused-ring (bicyclic) bond motifs is 1. The Labute approximate surface area is 106 Å². The molecule has 1 aromatic carbocycles. The molecular formula is C15H16N2O. The van der Waals surface area contributed by atoms with Crippen molar-refractivity contribution in [1.82, 2.24) is 4.98 Å². The van der Waals surface area contributed by atoms with E-state index in [-0.39, 0.29) is 0 Å². The van der Waals surface area contributed by atoms with Gasteiger partial charge < -0.3 is 4.90 Å². The molecule has 0 atom stereocenters. The standard InChI is InChI=1S/C15H16N2O/c1-11-4-5-14(15-13(11)3-2-8-16-15)17-9-6-12(18)7-10-17/h2-5,8H,6-7,9-10H2,1H3. The third kappa shape index (κ3) is 1.86. The van der Waals surface area contributed by atoms with Gasteiger partial charge in [-0.2, -0.15) is 0 Å². The van der Waals surface area contributed by atoms with Gasteiger partial charge >= 0.3 is 0 Å². The minimum Gasteiger partial charge on any atom is -0.369 e. The summed E-state index contributed by atoms with van der Waals surface area (Å²) in [7, 11) is 0. The number of aryl methyl sites for hydroxylation is 1. The van der Waals surface area contributed by atoms with Crippen molar-refractivity contribution in [3.63, 3.8) is 0 Å². The molecule has 1 aliphatic heterocycles. The number of piperidine rings is 1. The summed E-state index contributed by atoms with van der Waals surface area (Å²) in [5, 5.41) is 1.20. The number of nitrogens with zero attached hydrogens (tertiary/aromatic N) is 2. The van der Waals surface area contributed by atoms with E-state index in [1.807, 2.05) is 12.3 Å². The number of carbonyl (C=O) groups is 1. The Bertz CT molecular complexity index is 596. The first-order valence-electron chi connectivity index (χ1n) is 6.37. The first kappa shape index (κ1) is 11.2. The number of rotatable bonds is 1. The number of Topliss-reactive ketones (excluding diaryl/α,β-unsaturated/α-hetero) is 1. The molecule has 3 rings (SSSR count). The van der Waals surface area contributed by atoms with Crippen molar-refractivity contribution < 1.29 is 4.79 Å². The Morgan fingerprint density at radius 2 is 1.94 bits per heavy atom. The normalized spacial score (nSPS) is 16.3. The van der Waals surface area contributed by atoms with E-state index < -0.39 is 0 Å². The molecule has 1 aliphatic rings. The van der Waals surface area contributed by atoms with Crippen LogP contribution < -0.4 is 4.90 Å². The third-order valence-electron chi connectivity index (χ3n) is 3.63. The van der Waals surface area contributed by atoms with Gasteiger partial charge in [0.2, 0.25) is 0 Å². The summed E-state index contributed by atoms with van der Waals surface area (Å²) in [5.41, 5.74) is 3.45. The Balaban J connectivity index is 2.07. The molecule has 0 bridgehead atoms. The number of anilines is 1. The van der Waals surface area contributed by atoms with Gasteiger partial charge in [-0.1, -0.05) is 12.1 Å². The minimum atomic E-state index is 0.371. The van der Waals surface area contributed by atoms with Gasteiger partial charge in [0.1, 0.15) is 5.78 Å². The van der Waals surface area contributed by atoms with Gasteiger partial charge in [0.05, 0.1) is 11.2 Å². The van der Waals surface area contributed by atoms with Crippen LogP contribution in [-0.4, -0.2) is 23.9 Å². The van der Waals surface area contributed by atoms with Crippen molar-refractivity contribution in [2.24, 2.45) is 0 Å². The largest absolute Gasteiger partial charge is 0.369 e. The van der Waals surface area contributed by atoms with Gasteiger partial charge in [0.25, 0.3) is 0 Å². The lowest BCUT2D eigenvalue weighted by molar-refractivity contribution is -0.119. The lowest BCUT2D eigenvalue weighted by Crippen LogP contribution is -2.33. The van der Waals surface area contributed by atoms with Gasteiger partial charge in [-0.25, -0.2) is 0 Å². The van der Waals surface area contributed by atoms with Crippen LogP contribution in [0.3, 0.4) is 0 Å². The first-order valence-corrected chi connectivity index (χ1v) is 6.37. The van der Waals surface area contributed by atoms with Crippen LogP contribution in [0, 0.1) is 6.92 Å². The molecular weight excluding hydrogens is 224 g/mol. The molecule has 0 aliphatic carbocycles. The second-order valence-electron chi connectivity index (χ2n) is 4.83. The zero-order chi connectivity index (χ0) is 12.5. The van der Waals surface area contributed by atoms with Crippen LogP contribution in [-0.2, 0) is 4.79 Å². The number of benzene rings is 1. The van der Waals surface area contributed by atoms with Crippen LogP contribution in [0.4, 0.5) is 5.69 Å². The van der Waals surface area contributed by atoms with Crippen molar-refractivity contribution in [2.45, 2.75) is 19.8 Å². The van der Waals surface area contributed by atoms with E-state index >= 15 is 0 Å². The van der Waals surface area contributed by atoms with E-state index in [2.05, 4.69) is 35.0 Å². The Morgan fingerprint density at radius 3 is 2.72 bits per heavy atom. The monoisotopic (exact) mass is 240 g/mol. The number of ketones is 1. The lowest BCUT2D eigenvalue weighted by atomic mass is 10.0. The molecule has 0 N–H and O–H groups in total. The van der Waals surface area contributed by atoms with Gasteiger partial charge in [-0.05, 0) is 24.6 Å². The molecule has 0 radical (unpaired) electrons. The Morgan fingerprint density at radius 1 is 1.17 bits per heavy atom. The van der Waals surface area contributed by atoms with Crippen LogP contribution in [0.25, 0.3) is 10.9 Å². The summed E-state index contributed by atoms with van der Waals surface area (Å²) >= 11 is 0. The fraction of sp³-hybridized carbons (Fsp3) is 0.333. The predicted molar refractivity (Wildman–Crippen MR) is 72.9 cm³/mol. The second-order valence-corrected chi connectivity index (χ2v) is 4.83. The maximum Gasteiger partial charge on any atom is 0.136 e. The number of hydrogen-bond acceptors (Lipinski definition) is 3. The van der Waals surface area contributed by atoms with Crippen molar-refractivity contribution in [3.8, 4) is 0 Å². The summed E-state index contributed by atoms with van der Waals surface area (Å²) < 4.78 is 0. The van der Waals surface area contributed by atoms with Gasteiger partial charge in [-0.3, -0.25) is 9.78 Å². The molecule has 1 fully saturated rings. The van der Waals surface area contributed by atoms with E-state index in [0.717, 1.165) is 24.3 Å². The van der Waals surface area contributed by atoms with Crippen molar-refractivity contribution in [1.29, 1.82) is 0 Å². The van der Waals surface area contributed by atoms with E-state index in [9.17, 15) is 4.79 Å². The van der Waals surface area contributed by atoms with Crippen molar-refractivity contribution in [2.75, 3.05) is 18.0 Å². The summed E-state index contributed by atoms with van der Waals surface area (Å²) in [6.45, 7) is 3.73. The maximum absolute atomic E-state index is 11.3. The number of aromatic nitrogens is 1. The zero-order valence-electron chi connectivity index (χ0n) is 10.5. The number of carbonyl (C=O) groups excluding carboxylic acids is 1. The van der Waals surface area contributed by atoms with E-state index in [4.69, 9.17) is 0 Å². The molecule has 2 heterocycles. The van der Waals surface area contributed by atoms with Crippen LogP contribution in [0.15, 0.2) is 30.5 Å². The summed E-state index contributed by atoms with van der Waals surface area (Å²) in [4.78, 5) is 18.1. The lowest BCUT2D eigenvalue weighted by Gasteiger charge is -2.29. The zero-order valence-corrected chi connectivity index (χ0v) is 10.5. The highest BCUT2D eigenvalue weighted by atomic mass is 16.1. The molecule has 0 unspecified atom stereocenters. The van der Waals surface area contributed by atoms with Crippen LogP contribution >= 0.6 is 0 Å². The molecule has 0 saturated carbocycles. The highest BCUT2D eigenvalue weighted by Gasteiger charge is 2.18. The van der Waals surface area contributed by atoms with Crippen LogP contribution in [0.1, 0.15) is 18.4 Å². The Hall–Kier alpha value is -1.90. The maximum atomic E-state index is 11.3. The Kier molecular flexibility index (Phi) is 2.74. The first-order chi connectivity index (χ1) is 8.75. The topological polar surface area (TPSA) is 33.2 Å². The SMILES string of the molecule is Cc1ccc(N2CCC(=O)CC2)c2ncccc12. The molecule has 18 heavy (non-hydrogen) atoms. The molecule has 0 amide bonds. The van der Waals surface area contributed by atoms with Crippen molar-refractivity contribution in [3.05, 3.63) is 36.0 Å². The van der Waals surface area contributed by atoms with E-state index in [0.29, 0.717) is 18.6 Å². The minimum absolute atomic E-state index is 0.371. The molecule has 1 saturated heterocycles. The van der Waals surface area contributed by atoms with Gasteiger partial charge in [0.15, 0.2) is 0 Å². The second kappa shape index (κ2) is 4.41. The number of hydrogen-bond donors (Lipinski definition) is 0. The summed E-state index contributed by atoms with van der Waals surface area (Å²) in [5.74, 6) is 0.371. The van der Waals surface area contributed by atoms with Crippen LogP contribution in [0.2, 0.25) is 0 Å². The van der Waals surface area contributed by atoms with Gasteiger partial charge in [-0.15, -0.1) is 0 Å². The van der Waals surface area contributed by atoms with Gasteiger partial charge in [0, 0.05) is 37.5 Å². The molecule has 2 aromatic rings. The predicted octanol–water partition coefficient (Wildman–Crippen LogP) is 2.71. The quantitative estimate of drug-likeness (QED) is 0.768. The van der Waals surface area contributed by atoms with E-state index in [1.54, 1.807) is 0 Å². The number of pyridine rings is 1. The molecule has 3 heteroatoms. The fourth-order valence-corrected chi connectivity index (χ4v) is 2.55. The molecule has 1 aromatic heterocycles. The highest BCUT2D eigenvalue weighted by molar-refractivity contribution is 5.93. The third-order valence-corrected chi connectivity index (χ3v) is 3.63. The fourth-order valence-electron chi connectivity index (χ4n) is 2.55. The molecule has 3 nitrogen and oxygen atoms in total. The molecule has 92 valence electrons. The smallest absolute Gasteiger partial charge is 0.136 e. The van der Waals surface area contributed by atoms with E-state index in [1.165, 1.54) is 10.9 Å². The average Bonchev–Trinajstić information content (AvgIpc) is 2.41. The summed E-state index contributed by atoms with van der Waals surface area (Å²) in [6, 6.07) is 8.34. The highest BCUT2D eigenvalue weighted by Crippen LogP contribution is 2.28. The van der Waals surface area contributed by atoms with Crippen molar-refractivity contribution >= 4 is 22.4 Å². The van der Waals surface area contributed by atoms with Crippen LogP contribution in [0.5, 0.6) is 0 Å². The summed E-state index contributed by atoms with van der Waals surface area (Å²) in [6.07, 6.45) is 3.14. The average molecular weight is 240 g/mol. The molecule has 0 spiro atoms.